The predicted molar refractivity (Wildman–Crippen MR) is 120 cm³/mol. The Labute approximate surface area is 175 Å². The van der Waals surface area contributed by atoms with Crippen molar-refractivity contribution in [1.82, 2.24) is 4.98 Å². The normalized spacial score (nSPS) is 12.0. The molecule has 0 saturated carbocycles. The van der Waals surface area contributed by atoms with E-state index in [2.05, 4.69) is 58.9 Å². The molecule has 0 atom stereocenters. The maximum atomic E-state index is 13.3. The quantitative estimate of drug-likeness (QED) is 0.627. The lowest BCUT2D eigenvalue weighted by Crippen LogP contribution is -2.27. The van der Waals surface area contributed by atoms with Crippen LogP contribution < -0.4 is 5.73 Å². The van der Waals surface area contributed by atoms with Gasteiger partial charge in [0.2, 0.25) is 0 Å². The van der Waals surface area contributed by atoms with Gasteiger partial charge in [-0.1, -0.05) is 57.5 Å². The van der Waals surface area contributed by atoms with Crippen LogP contribution in [-0.4, -0.2) is 16.6 Å². The highest BCUT2D eigenvalue weighted by Gasteiger charge is 2.29. The molecule has 0 aliphatic rings. The number of benzene rings is 1. The summed E-state index contributed by atoms with van der Waals surface area (Å²) in [4.78, 5) is 18.3. The lowest BCUT2D eigenvalue weighted by Gasteiger charge is -2.26. The van der Waals surface area contributed by atoms with Gasteiger partial charge in [-0.15, -0.1) is 0 Å². The first-order valence-electron chi connectivity index (χ1n) is 10.5. The number of carbonyl (C=O) groups is 1. The lowest BCUT2D eigenvalue weighted by atomic mass is 9.87. The zero-order valence-electron chi connectivity index (χ0n) is 19.2. The van der Waals surface area contributed by atoms with E-state index in [4.69, 9.17) is 15.5 Å². The van der Waals surface area contributed by atoms with Gasteiger partial charge < -0.3 is 10.5 Å². The summed E-state index contributed by atoms with van der Waals surface area (Å²) in [5.41, 5.74) is 11.9. The van der Waals surface area contributed by atoms with E-state index < -0.39 is 5.60 Å². The molecule has 2 N–H and O–H groups in total. The van der Waals surface area contributed by atoms with Crippen molar-refractivity contribution in [3.8, 4) is 11.1 Å². The molecule has 4 nitrogen and oxygen atoms in total. The van der Waals surface area contributed by atoms with Crippen LogP contribution in [0, 0.1) is 12.8 Å². The number of pyridine rings is 1. The summed E-state index contributed by atoms with van der Waals surface area (Å²) in [5.74, 6) is 0.181. The molecule has 1 aromatic heterocycles. The van der Waals surface area contributed by atoms with Gasteiger partial charge in [-0.25, -0.2) is 4.79 Å². The first kappa shape index (κ1) is 23.1. The van der Waals surface area contributed by atoms with Gasteiger partial charge in [0, 0.05) is 17.8 Å². The van der Waals surface area contributed by atoms with Gasteiger partial charge in [0.05, 0.1) is 11.3 Å². The molecule has 0 spiro atoms. The van der Waals surface area contributed by atoms with Gasteiger partial charge in [0.1, 0.15) is 5.60 Å². The van der Waals surface area contributed by atoms with Crippen LogP contribution in [0.2, 0.25) is 0 Å². The van der Waals surface area contributed by atoms with Crippen LogP contribution >= 0.6 is 0 Å². The van der Waals surface area contributed by atoms with Crippen molar-refractivity contribution in [2.75, 3.05) is 0 Å². The molecule has 2 rings (SSSR count). The Morgan fingerprint density at radius 1 is 1.10 bits per heavy atom. The second-order valence-electron chi connectivity index (χ2n) is 9.50. The lowest BCUT2D eigenvalue weighted by molar-refractivity contribution is 0.00681. The van der Waals surface area contributed by atoms with Crippen molar-refractivity contribution in [3.63, 3.8) is 0 Å². The number of aryl methyl sites for hydroxylation is 1. The highest BCUT2D eigenvalue weighted by Crippen LogP contribution is 2.36. The molecule has 0 radical (unpaired) electrons. The minimum absolute atomic E-state index is 0.0828. The highest BCUT2D eigenvalue weighted by molar-refractivity contribution is 6.00. The fraction of sp³-hybridized carbons (Fsp3) is 0.520. The van der Waals surface area contributed by atoms with Gasteiger partial charge in [0.25, 0.3) is 0 Å². The third-order valence-corrected chi connectivity index (χ3v) is 4.71. The molecule has 0 unspecified atom stereocenters. The van der Waals surface area contributed by atoms with Crippen LogP contribution in [-0.2, 0) is 17.7 Å². The summed E-state index contributed by atoms with van der Waals surface area (Å²) < 4.78 is 5.80. The Kier molecular flexibility index (Phi) is 7.23. The number of esters is 1. The van der Waals surface area contributed by atoms with Crippen LogP contribution in [0.15, 0.2) is 24.3 Å². The molecule has 0 aliphatic heterocycles. The maximum Gasteiger partial charge on any atom is 0.341 e. The van der Waals surface area contributed by atoms with Crippen molar-refractivity contribution in [2.45, 2.75) is 79.9 Å². The summed E-state index contributed by atoms with van der Waals surface area (Å²) in [6, 6.07) is 8.24. The first-order valence-corrected chi connectivity index (χ1v) is 10.5. The molecule has 0 amide bonds. The molecule has 0 aliphatic carbocycles. The Bertz CT molecular complexity index is 860. The topological polar surface area (TPSA) is 65.2 Å². The van der Waals surface area contributed by atoms with Crippen LogP contribution in [0.4, 0.5) is 0 Å². The summed E-state index contributed by atoms with van der Waals surface area (Å²) in [6.45, 7) is 16.5. The van der Waals surface area contributed by atoms with Gasteiger partial charge in [-0.2, -0.15) is 0 Å². The van der Waals surface area contributed by atoms with Crippen molar-refractivity contribution in [3.05, 3.63) is 52.3 Å². The standard InChI is InChI=1S/C25H36N2O2/c1-15(2)13-20-19(14-26)21(18-11-9-17(5)10-12-18)22(23(27-20)16(3)4)24(28)29-25(6,7)8/h9-12,15-16H,13-14,26H2,1-8H3. The monoisotopic (exact) mass is 396 g/mol. The molecule has 1 heterocycles. The summed E-state index contributed by atoms with van der Waals surface area (Å²) in [5, 5.41) is 0. The third-order valence-electron chi connectivity index (χ3n) is 4.71. The van der Waals surface area contributed by atoms with E-state index in [0.29, 0.717) is 18.0 Å². The zero-order valence-corrected chi connectivity index (χ0v) is 19.2. The van der Waals surface area contributed by atoms with Crippen molar-refractivity contribution >= 4 is 5.97 Å². The number of aromatic nitrogens is 1. The van der Waals surface area contributed by atoms with Crippen LogP contribution in [0.3, 0.4) is 0 Å². The van der Waals surface area contributed by atoms with Crippen LogP contribution in [0.1, 0.15) is 87.3 Å². The average Bonchev–Trinajstić information content (AvgIpc) is 2.59. The second kappa shape index (κ2) is 9.08. The smallest absolute Gasteiger partial charge is 0.341 e. The molecular formula is C25H36N2O2. The fourth-order valence-corrected chi connectivity index (χ4v) is 3.46. The zero-order chi connectivity index (χ0) is 21.9. The van der Waals surface area contributed by atoms with Gasteiger partial charge in [0.15, 0.2) is 0 Å². The number of nitrogens with zero attached hydrogens (tertiary/aromatic N) is 1. The molecule has 158 valence electrons. The first-order chi connectivity index (χ1) is 13.4. The minimum atomic E-state index is -0.588. The molecule has 2 aromatic rings. The van der Waals surface area contributed by atoms with Crippen LogP contribution in [0.5, 0.6) is 0 Å². The number of rotatable bonds is 6. The predicted octanol–water partition coefficient (Wildman–Crippen LogP) is 5.79. The van der Waals surface area contributed by atoms with Crippen LogP contribution in [0.25, 0.3) is 11.1 Å². The number of hydrogen-bond acceptors (Lipinski definition) is 4. The Morgan fingerprint density at radius 2 is 1.69 bits per heavy atom. The second-order valence-corrected chi connectivity index (χ2v) is 9.50. The molecule has 0 fully saturated rings. The molecule has 1 aromatic carbocycles. The number of hydrogen-bond donors (Lipinski definition) is 1. The van der Waals surface area contributed by atoms with E-state index in [9.17, 15) is 4.79 Å². The summed E-state index contributed by atoms with van der Waals surface area (Å²) in [6.07, 6.45) is 0.819. The number of ether oxygens (including phenoxy) is 1. The highest BCUT2D eigenvalue weighted by atomic mass is 16.6. The number of nitrogens with two attached hydrogens (primary N) is 1. The minimum Gasteiger partial charge on any atom is -0.456 e. The number of carbonyl (C=O) groups excluding carboxylic acids is 1. The SMILES string of the molecule is Cc1ccc(-c2c(CN)c(CC(C)C)nc(C(C)C)c2C(=O)OC(C)(C)C)cc1. The molecular weight excluding hydrogens is 360 g/mol. The molecule has 0 saturated heterocycles. The van der Waals surface area contributed by atoms with E-state index >= 15 is 0 Å². The van der Waals surface area contributed by atoms with Gasteiger partial charge >= 0.3 is 5.97 Å². The van der Waals surface area contributed by atoms with E-state index in [1.165, 1.54) is 5.56 Å². The van der Waals surface area contributed by atoms with E-state index in [0.717, 1.165) is 34.5 Å². The Hall–Kier alpha value is -2.20. The van der Waals surface area contributed by atoms with Crippen molar-refractivity contribution < 1.29 is 9.53 Å². The molecule has 29 heavy (non-hydrogen) atoms. The Morgan fingerprint density at radius 3 is 2.14 bits per heavy atom. The largest absolute Gasteiger partial charge is 0.456 e. The van der Waals surface area contributed by atoms with E-state index in [1.807, 2.05) is 20.8 Å². The molecule has 0 bridgehead atoms. The van der Waals surface area contributed by atoms with E-state index in [-0.39, 0.29) is 11.9 Å². The fourth-order valence-electron chi connectivity index (χ4n) is 3.46. The van der Waals surface area contributed by atoms with Gasteiger partial charge in [-0.3, -0.25) is 4.98 Å². The van der Waals surface area contributed by atoms with Gasteiger partial charge in [-0.05, 0) is 57.1 Å². The van der Waals surface area contributed by atoms with Crippen molar-refractivity contribution in [1.29, 1.82) is 0 Å². The average molecular weight is 397 g/mol. The summed E-state index contributed by atoms with van der Waals surface area (Å²) in [7, 11) is 0. The van der Waals surface area contributed by atoms with E-state index in [1.54, 1.807) is 0 Å². The van der Waals surface area contributed by atoms with Crippen molar-refractivity contribution in [2.24, 2.45) is 11.7 Å². The summed E-state index contributed by atoms with van der Waals surface area (Å²) >= 11 is 0. The third kappa shape index (κ3) is 5.66. The maximum absolute atomic E-state index is 13.3. The molecule has 4 heteroatoms. The Balaban J connectivity index is 2.90.